The van der Waals surface area contributed by atoms with Crippen molar-refractivity contribution in [3.63, 3.8) is 0 Å². The second-order valence-corrected chi connectivity index (χ2v) is 8.16. The zero-order chi connectivity index (χ0) is 21.1. The van der Waals surface area contributed by atoms with Gasteiger partial charge in [-0.25, -0.2) is 18.4 Å². The molecule has 0 radical (unpaired) electrons. The van der Waals surface area contributed by atoms with E-state index in [-0.39, 0.29) is 48.7 Å². The van der Waals surface area contributed by atoms with E-state index < -0.39 is 29.1 Å². The molecule has 1 aromatic carbocycles. The van der Waals surface area contributed by atoms with Crippen LogP contribution in [0.2, 0.25) is 5.02 Å². The van der Waals surface area contributed by atoms with Gasteiger partial charge in [-0.05, 0) is 32.9 Å². The molecular formula is C19H25ClF2N2O4. The number of piperidine rings is 1. The Hall–Kier alpha value is -2.09. The van der Waals surface area contributed by atoms with Crippen molar-refractivity contribution in [3.05, 3.63) is 28.5 Å². The number of nitrogens with one attached hydrogen (secondary N) is 1. The molecule has 6 nitrogen and oxygen atoms in total. The smallest absolute Gasteiger partial charge is 0.410 e. The first-order chi connectivity index (χ1) is 12.9. The highest BCUT2D eigenvalue weighted by Crippen LogP contribution is 2.31. The number of rotatable bonds is 4. The number of benzene rings is 1. The van der Waals surface area contributed by atoms with Gasteiger partial charge in [-0.1, -0.05) is 11.6 Å². The topological polar surface area (TPSA) is 67.9 Å². The Morgan fingerprint density at radius 3 is 2.43 bits per heavy atom. The Labute approximate surface area is 168 Å². The van der Waals surface area contributed by atoms with E-state index in [2.05, 4.69) is 10.1 Å². The molecule has 156 valence electrons. The first-order valence-corrected chi connectivity index (χ1v) is 9.30. The van der Waals surface area contributed by atoms with Gasteiger partial charge in [-0.2, -0.15) is 0 Å². The van der Waals surface area contributed by atoms with Crippen molar-refractivity contribution in [3.8, 4) is 0 Å². The molecule has 1 aliphatic heterocycles. The maximum Gasteiger partial charge on any atom is 0.410 e. The quantitative estimate of drug-likeness (QED) is 0.733. The fourth-order valence-electron chi connectivity index (χ4n) is 2.80. The number of anilines is 1. The van der Waals surface area contributed by atoms with Gasteiger partial charge >= 0.3 is 12.1 Å². The van der Waals surface area contributed by atoms with Crippen molar-refractivity contribution in [1.82, 2.24) is 4.90 Å². The molecule has 0 bridgehead atoms. The number of methoxy groups -OCH3 is 1. The minimum Gasteiger partial charge on any atom is -0.465 e. The van der Waals surface area contributed by atoms with E-state index in [1.54, 1.807) is 20.8 Å². The van der Waals surface area contributed by atoms with Gasteiger partial charge < -0.3 is 19.7 Å². The predicted molar refractivity (Wildman–Crippen MR) is 102 cm³/mol. The molecule has 2 rings (SSSR count). The molecule has 1 fully saturated rings. The van der Waals surface area contributed by atoms with Crippen LogP contribution in [0.3, 0.4) is 0 Å². The molecule has 1 N–H and O–H groups in total. The molecule has 0 saturated carbocycles. The van der Waals surface area contributed by atoms with Crippen molar-refractivity contribution in [2.75, 3.05) is 32.1 Å². The van der Waals surface area contributed by atoms with Crippen LogP contribution >= 0.6 is 11.6 Å². The Balaban J connectivity index is 1.99. The van der Waals surface area contributed by atoms with Crippen LogP contribution < -0.4 is 5.32 Å². The summed E-state index contributed by atoms with van der Waals surface area (Å²) in [4.78, 5) is 25.2. The molecule has 1 heterocycles. The van der Waals surface area contributed by atoms with E-state index >= 15 is 4.39 Å². The minimum atomic E-state index is -1.61. The number of halogens is 3. The van der Waals surface area contributed by atoms with Crippen LogP contribution in [0.15, 0.2) is 12.1 Å². The van der Waals surface area contributed by atoms with Gasteiger partial charge in [0.15, 0.2) is 0 Å². The van der Waals surface area contributed by atoms with Crippen LogP contribution in [0.1, 0.15) is 44.0 Å². The van der Waals surface area contributed by atoms with Crippen molar-refractivity contribution in [1.29, 1.82) is 0 Å². The van der Waals surface area contributed by atoms with E-state index in [1.807, 2.05) is 0 Å². The summed E-state index contributed by atoms with van der Waals surface area (Å²) in [6, 6.07) is 2.28. The predicted octanol–water partition coefficient (Wildman–Crippen LogP) is 4.42. The Kier molecular flexibility index (Phi) is 6.75. The zero-order valence-electron chi connectivity index (χ0n) is 16.4. The Bertz CT molecular complexity index is 744. The van der Waals surface area contributed by atoms with Gasteiger partial charge in [0.05, 0.1) is 23.4 Å². The summed E-state index contributed by atoms with van der Waals surface area (Å²) in [5, 5.41) is 2.54. The SMILES string of the molecule is COC(=O)c1cc(F)c(Cl)c(NCC2(F)CCN(C(=O)OC(C)(C)C)CC2)c1. The van der Waals surface area contributed by atoms with Crippen LogP contribution in [0.25, 0.3) is 0 Å². The number of amides is 1. The molecule has 9 heteroatoms. The number of alkyl halides is 1. The van der Waals surface area contributed by atoms with Crippen molar-refractivity contribution in [2.45, 2.75) is 44.9 Å². The summed E-state index contributed by atoms with van der Waals surface area (Å²) < 4.78 is 38.9. The summed E-state index contributed by atoms with van der Waals surface area (Å²) in [7, 11) is 1.18. The monoisotopic (exact) mass is 418 g/mol. The number of likely N-dealkylation sites (tertiary alicyclic amines) is 1. The molecule has 0 spiro atoms. The van der Waals surface area contributed by atoms with Gasteiger partial charge in [-0.15, -0.1) is 0 Å². The highest BCUT2D eigenvalue weighted by Gasteiger charge is 2.37. The fourth-order valence-corrected chi connectivity index (χ4v) is 2.98. The van der Waals surface area contributed by atoms with Gasteiger partial charge in [0, 0.05) is 32.5 Å². The molecular weight excluding hydrogens is 394 g/mol. The lowest BCUT2D eigenvalue weighted by Gasteiger charge is -2.37. The molecule has 1 amide bonds. The number of esters is 1. The normalized spacial score (nSPS) is 16.5. The molecule has 0 unspecified atom stereocenters. The number of nitrogens with zero attached hydrogens (tertiary/aromatic N) is 1. The van der Waals surface area contributed by atoms with Gasteiger partial charge in [0.1, 0.15) is 17.1 Å². The lowest BCUT2D eigenvalue weighted by atomic mass is 9.93. The minimum absolute atomic E-state index is 0.0282. The van der Waals surface area contributed by atoms with Gasteiger partial charge in [-0.3, -0.25) is 0 Å². The largest absolute Gasteiger partial charge is 0.465 e. The number of hydrogen-bond acceptors (Lipinski definition) is 5. The molecule has 1 aromatic rings. The summed E-state index contributed by atoms with van der Waals surface area (Å²) in [6.07, 6.45) is -0.287. The molecule has 1 saturated heterocycles. The fraction of sp³-hybridized carbons (Fsp3) is 0.579. The average molecular weight is 419 g/mol. The number of hydrogen-bond donors (Lipinski definition) is 1. The lowest BCUT2D eigenvalue weighted by Crippen LogP contribution is -2.48. The van der Waals surface area contributed by atoms with E-state index in [0.29, 0.717) is 0 Å². The van der Waals surface area contributed by atoms with E-state index in [1.165, 1.54) is 18.1 Å². The van der Waals surface area contributed by atoms with Crippen molar-refractivity contribution < 1.29 is 27.8 Å². The molecule has 0 aliphatic carbocycles. The van der Waals surface area contributed by atoms with Crippen LogP contribution in [-0.4, -0.2) is 55.0 Å². The third kappa shape index (κ3) is 5.70. The first-order valence-electron chi connectivity index (χ1n) is 8.92. The second kappa shape index (κ2) is 8.51. The van der Waals surface area contributed by atoms with Gasteiger partial charge in [0.2, 0.25) is 0 Å². The van der Waals surface area contributed by atoms with Gasteiger partial charge in [0.25, 0.3) is 0 Å². The maximum absolute atomic E-state index is 15.1. The third-order valence-electron chi connectivity index (χ3n) is 4.36. The van der Waals surface area contributed by atoms with Crippen LogP contribution in [0, 0.1) is 5.82 Å². The third-order valence-corrected chi connectivity index (χ3v) is 4.74. The first kappa shape index (κ1) is 22.2. The standard InChI is InChI=1S/C19H25ClF2N2O4/c1-18(2,3)28-17(26)24-7-5-19(22,6-8-24)11-23-14-10-12(16(25)27-4)9-13(21)15(14)20/h9-10,23H,5-8,11H2,1-4H3. The number of ether oxygens (including phenoxy) is 2. The highest BCUT2D eigenvalue weighted by atomic mass is 35.5. The van der Waals surface area contributed by atoms with E-state index in [0.717, 1.165) is 6.07 Å². The molecule has 1 aliphatic rings. The summed E-state index contributed by atoms with van der Waals surface area (Å²) in [5.41, 5.74) is -2.15. The maximum atomic E-state index is 15.1. The van der Waals surface area contributed by atoms with E-state index in [4.69, 9.17) is 16.3 Å². The number of carbonyl (C=O) groups is 2. The van der Waals surface area contributed by atoms with Crippen LogP contribution in [0.5, 0.6) is 0 Å². The summed E-state index contributed by atoms with van der Waals surface area (Å²) in [5.74, 6) is -1.53. The van der Waals surface area contributed by atoms with Crippen LogP contribution in [0.4, 0.5) is 19.3 Å². The summed E-state index contributed by atoms with van der Waals surface area (Å²) in [6.45, 7) is 5.57. The van der Waals surface area contributed by atoms with Crippen molar-refractivity contribution in [2.24, 2.45) is 0 Å². The average Bonchev–Trinajstić information content (AvgIpc) is 2.61. The van der Waals surface area contributed by atoms with Crippen LogP contribution in [-0.2, 0) is 9.47 Å². The molecule has 0 atom stereocenters. The van der Waals surface area contributed by atoms with E-state index in [9.17, 15) is 14.0 Å². The summed E-state index contributed by atoms with van der Waals surface area (Å²) >= 11 is 5.92. The Morgan fingerprint density at radius 2 is 1.89 bits per heavy atom. The Morgan fingerprint density at radius 1 is 1.29 bits per heavy atom. The molecule has 0 aromatic heterocycles. The molecule has 28 heavy (non-hydrogen) atoms. The second-order valence-electron chi connectivity index (χ2n) is 7.78. The number of carbonyl (C=O) groups excluding carboxylic acids is 2. The highest BCUT2D eigenvalue weighted by molar-refractivity contribution is 6.33. The zero-order valence-corrected chi connectivity index (χ0v) is 17.2. The van der Waals surface area contributed by atoms with Crippen molar-refractivity contribution >= 4 is 29.4 Å². The lowest BCUT2D eigenvalue weighted by molar-refractivity contribution is 0.00574.